The fourth-order valence-corrected chi connectivity index (χ4v) is 2.44. The van der Waals surface area contributed by atoms with Gasteiger partial charge in [-0.2, -0.15) is 17.5 Å². The number of rotatable bonds is 4. The number of aliphatic hydroxyl groups is 1. The Morgan fingerprint density at radius 3 is 2.11 bits per heavy atom. The molecule has 0 saturated carbocycles. The molecular weight excluding hydrogens is 271 g/mol. The van der Waals surface area contributed by atoms with E-state index in [0.29, 0.717) is 5.56 Å². The SMILES string of the molecule is CN(CC(F)(F)F)S(=O)(=O)c1ccc(CO)cc1. The quantitative estimate of drug-likeness (QED) is 0.907. The lowest BCUT2D eigenvalue weighted by atomic mass is 10.2. The minimum absolute atomic E-state index is 0.237. The van der Waals surface area contributed by atoms with E-state index in [1.165, 1.54) is 12.1 Å². The standard InChI is InChI=1S/C10H12F3NO3S/c1-14(7-10(11,12)13)18(16,17)9-4-2-8(6-15)3-5-9/h2-5,15H,6-7H2,1H3. The van der Waals surface area contributed by atoms with Crippen LogP contribution in [0.2, 0.25) is 0 Å². The maximum Gasteiger partial charge on any atom is 0.402 e. The fraction of sp³-hybridized carbons (Fsp3) is 0.400. The van der Waals surface area contributed by atoms with Crippen LogP contribution < -0.4 is 0 Å². The molecule has 8 heteroatoms. The first-order valence-electron chi connectivity index (χ1n) is 4.90. The van der Waals surface area contributed by atoms with E-state index in [2.05, 4.69) is 0 Å². The summed E-state index contributed by atoms with van der Waals surface area (Å²) in [5, 5.41) is 8.78. The molecule has 0 aromatic heterocycles. The Kier molecular flexibility index (Phi) is 4.36. The first-order valence-corrected chi connectivity index (χ1v) is 6.34. The van der Waals surface area contributed by atoms with Gasteiger partial charge in [-0.3, -0.25) is 0 Å². The highest BCUT2D eigenvalue weighted by Crippen LogP contribution is 2.21. The molecule has 18 heavy (non-hydrogen) atoms. The molecule has 4 nitrogen and oxygen atoms in total. The van der Waals surface area contributed by atoms with Crippen LogP contribution in [0.15, 0.2) is 29.2 Å². The summed E-state index contributed by atoms with van der Waals surface area (Å²) in [6, 6.07) is 5.00. The van der Waals surface area contributed by atoms with E-state index in [0.717, 1.165) is 19.2 Å². The Bertz CT molecular complexity index is 496. The molecule has 0 atom stereocenters. The summed E-state index contributed by atoms with van der Waals surface area (Å²) >= 11 is 0. The molecule has 1 aromatic carbocycles. The van der Waals surface area contributed by atoms with Crippen LogP contribution in [0.1, 0.15) is 5.56 Å². The summed E-state index contributed by atoms with van der Waals surface area (Å²) < 4.78 is 60.2. The zero-order valence-electron chi connectivity index (χ0n) is 9.48. The van der Waals surface area contributed by atoms with Gasteiger partial charge in [0.25, 0.3) is 0 Å². The van der Waals surface area contributed by atoms with Crippen molar-refractivity contribution in [3.05, 3.63) is 29.8 Å². The molecule has 1 rings (SSSR count). The van der Waals surface area contributed by atoms with Gasteiger partial charge in [0.1, 0.15) is 6.54 Å². The number of halogens is 3. The van der Waals surface area contributed by atoms with Crippen LogP contribution in [0.3, 0.4) is 0 Å². The monoisotopic (exact) mass is 283 g/mol. The van der Waals surface area contributed by atoms with Gasteiger partial charge < -0.3 is 5.11 Å². The van der Waals surface area contributed by atoms with Crippen LogP contribution in [0.4, 0.5) is 13.2 Å². The van der Waals surface area contributed by atoms with Gasteiger partial charge in [-0.15, -0.1) is 0 Å². The van der Waals surface area contributed by atoms with E-state index in [-0.39, 0.29) is 15.8 Å². The maximum atomic E-state index is 12.1. The Labute approximate surface area is 103 Å². The van der Waals surface area contributed by atoms with Crippen molar-refractivity contribution in [3.63, 3.8) is 0 Å². The summed E-state index contributed by atoms with van der Waals surface area (Å²) in [5.74, 6) is 0. The van der Waals surface area contributed by atoms with E-state index >= 15 is 0 Å². The van der Waals surface area contributed by atoms with Gasteiger partial charge in [0, 0.05) is 7.05 Å². The predicted molar refractivity (Wildman–Crippen MR) is 58.2 cm³/mol. The summed E-state index contributed by atoms with van der Waals surface area (Å²) in [4.78, 5) is -0.244. The lowest BCUT2D eigenvalue weighted by Crippen LogP contribution is -2.35. The van der Waals surface area contributed by atoms with Crippen LogP contribution >= 0.6 is 0 Å². The number of hydrogen-bond donors (Lipinski definition) is 1. The number of alkyl halides is 3. The lowest BCUT2D eigenvalue weighted by molar-refractivity contribution is -0.134. The van der Waals surface area contributed by atoms with E-state index in [9.17, 15) is 21.6 Å². The summed E-state index contributed by atoms with van der Waals surface area (Å²) in [6.07, 6.45) is -4.59. The third-order valence-corrected chi connectivity index (χ3v) is 4.03. The van der Waals surface area contributed by atoms with Gasteiger partial charge >= 0.3 is 6.18 Å². The lowest BCUT2D eigenvalue weighted by Gasteiger charge is -2.18. The minimum atomic E-state index is -4.59. The van der Waals surface area contributed by atoms with E-state index in [1.54, 1.807) is 0 Å². The first-order chi connectivity index (χ1) is 8.16. The van der Waals surface area contributed by atoms with Crippen LogP contribution in [-0.4, -0.2) is 37.6 Å². The number of benzene rings is 1. The molecule has 0 aliphatic heterocycles. The first kappa shape index (κ1) is 14.9. The van der Waals surface area contributed by atoms with Gasteiger partial charge in [-0.05, 0) is 17.7 Å². The number of hydrogen-bond acceptors (Lipinski definition) is 3. The zero-order valence-corrected chi connectivity index (χ0v) is 10.3. The van der Waals surface area contributed by atoms with Crippen molar-refractivity contribution >= 4 is 10.0 Å². The molecule has 0 unspecified atom stereocenters. The molecule has 0 radical (unpaired) electrons. The molecular formula is C10H12F3NO3S. The van der Waals surface area contributed by atoms with Gasteiger partial charge in [-0.1, -0.05) is 12.1 Å². The molecule has 0 amide bonds. The highest BCUT2D eigenvalue weighted by Gasteiger charge is 2.34. The molecule has 0 heterocycles. The van der Waals surface area contributed by atoms with E-state index < -0.39 is 22.7 Å². The van der Waals surface area contributed by atoms with Gasteiger partial charge in [0.05, 0.1) is 11.5 Å². The van der Waals surface area contributed by atoms with Crippen molar-refractivity contribution in [2.24, 2.45) is 0 Å². The Morgan fingerprint density at radius 2 is 1.72 bits per heavy atom. The zero-order chi connectivity index (χ0) is 14.0. The second-order valence-electron chi connectivity index (χ2n) is 3.68. The topological polar surface area (TPSA) is 57.6 Å². The van der Waals surface area contributed by atoms with Gasteiger partial charge in [0.15, 0.2) is 0 Å². The van der Waals surface area contributed by atoms with Crippen molar-refractivity contribution in [3.8, 4) is 0 Å². The Hall–Kier alpha value is -1.12. The fourth-order valence-electron chi connectivity index (χ4n) is 1.28. The van der Waals surface area contributed by atoms with Crippen molar-refractivity contribution in [1.82, 2.24) is 4.31 Å². The summed E-state index contributed by atoms with van der Waals surface area (Å²) in [5.41, 5.74) is 0.479. The summed E-state index contributed by atoms with van der Waals surface area (Å²) in [6.45, 7) is -1.81. The van der Waals surface area contributed by atoms with E-state index in [4.69, 9.17) is 5.11 Å². The molecule has 0 aliphatic rings. The van der Waals surface area contributed by atoms with Crippen LogP contribution in [0, 0.1) is 0 Å². The predicted octanol–water partition coefficient (Wildman–Crippen LogP) is 1.36. The minimum Gasteiger partial charge on any atom is -0.392 e. The normalized spacial score (nSPS) is 13.0. The molecule has 0 aliphatic carbocycles. The van der Waals surface area contributed by atoms with Crippen LogP contribution in [0.5, 0.6) is 0 Å². The molecule has 0 fully saturated rings. The smallest absolute Gasteiger partial charge is 0.392 e. The summed E-state index contributed by atoms with van der Waals surface area (Å²) in [7, 11) is -3.30. The second-order valence-corrected chi connectivity index (χ2v) is 5.72. The second kappa shape index (κ2) is 5.25. The molecule has 0 bridgehead atoms. The molecule has 1 aromatic rings. The molecule has 102 valence electrons. The van der Waals surface area contributed by atoms with Gasteiger partial charge in [-0.25, -0.2) is 8.42 Å². The highest BCUT2D eigenvalue weighted by molar-refractivity contribution is 7.89. The Morgan fingerprint density at radius 1 is 1.22 bits per heavy atom. The number of aliphatic hydroxyl groups excluding tert-OH is 1. The van der Waals surface area contributed by atoms with Crippen molar-refractivity contribution in [2.75, 3.05) is 13.6 Å². The van der Waals surface area contributed by atoms with Crippen LogP contribution in [0.25, 0.3) is 0 Å². The highest BCUT2D eigenvalue weighted by atomic mass is 32.2. The van der Waals surface area contributed by atoms with Gasteiger partial charge in [0.2, 0.25) is 10.0 Å². The third kappa shape index (κ3) is 3.69. The van der Waals surface area contributed by atoms with Crippen molar-refractivity contribution in [1.29, 1.82) is 0 Å². The number of sulfonamides is 1. The van der Waals surface area contributed by atoms with Crippen molar-refractivity contribution < 1.29 is 26.7 Å². The molecule has 0 saturated heterocycles. The number of nitrogens with zero attached hydrogens (tertiary/aromatic N) is 1. The molecule has 0 spiro atoms. The third-order valence-electron chi connectivity index (χ3n) is 2.22. The average Bonchev–Trinajstić information content (AvgIpc) is 2.27. The largest absolute Gasteiger partial charge is 0.402 e. The average molecular weight is 283 g/mol. The van der Waals surface area contributed by atoms with E-state index in [1.807, 2.05) is 0 Å². The Balaban J connectivity index is 2.98. The van der Waals surface area contributed by atoms with Crippen LogP contribution in [-0.2, 0) is 16.6 Å². The molecule has 1 N–H and O–H groups in total. The maximum absolute atomic E-state index is 12.1. The van der Waals surface area contributed by atoms with Crippen molar-refractivity contribution in [2.45, 2.75) is 17.7 Å².